The van der Waals surface area contributed by atoms with Crippen LogP contribution in [-0.4, -0.2) is 47.4 Å². The van der Waals surface area contributed by atoms with Gasteiger partial charge in [-0.25, -0.2) is 0 Å². The Morgan fingerprint density at radius 1 is 0.500 bits per heavy atom. The van der Waals surface area contributed by atoms with Gasteiger partial charge in [0.15, 0.2) is 0 Å². The molecule has 1 amide bonds. The van der Waals surface area contributed by atoms with Crippen molar-refractivity contribution >= 4 is 11.9 Å². The van der Waals surface area contributed by atoms with E-state index in [0.717, 1.165) is 51.4 Å². The first-order valence-electron chi connectivity index (χ1n) is 23.9. The van der Waals surface area contributed by atoms with Crippen molar-refractivity contribution < 1.29 is 24.5 Å². The van der Waals surface area contributed by atoms with Crippen LogP contribution in [0.3, 0.4) is 0 Å². The van der Waals surface area contributed by atoms with Gasteiger partial charge in [-0.3, -0.25) is 9.59 Å². The Hall–Kier alpha value is -1.40. The quantitative estimate of drug-likeness (QED) is 0.0326. The van der Waals surface area contributed by atoms with Gasteiger partial charge in [0.2, 0.25) is 5.91 Å². The summed E-state index contributed by atoms with van der Waals surface area (Å²) in [5, 5.41) is 23.0. The minimum atomic E-state index is -0.668. The highest BCUT2D eigenvalue weighted by atomic mass is 16.5. The van der Waals surface area contributed by atoms with Gasteiger partial charge in [-0.15, -0.1) is 0 Å². The molecule has 320 valence electrons. The lowest BCUT2D eigenvalue weighted by Gasteiger charge is -2.22. The zero-order valence-corrected chi connectivity index (χ0v) is 36.2. The predicted octanol–water partition coefficient (Wildman–Crippen LogP) is 13.8. The Morgan fingerprint density at radius 2 is 0.870 bits per heavy atom. The molecule has 3 N–H and O–H groups in total. The minimum absolute atomic E-state index is 0.00260. The second-order valence-electron chi connectivity index (χ2n) is 16.4. The van der Waals surface area contributed by atoms with Crippen LogP contribution in [-0.2, 0) is 14.3 Å². The summed E-state index contributed by atoms with van der Waals surface area (Å²) in [6, 6.07) is -0.547. The first-order chi connectivity index (χ1) is 26.5. The predicted molar refractivity (Wildman–Crippen MR) is 232 cm³/mol. The number of esters is 1. The number of unbranched alkanes of at least 4 members (excludes halogenated alkanes) is 31. The first kappa shape index (κ1) is 52.6. The summed E-state index contributed by atoms with van der Waals surface area (Å²) < 4.78 is 5.44. The molecule has 0 rings (SSSR count). The van der Waals surface area contributed by atoms with Gasteiger partial charge in [0.1, 0.15) is 0 Å². The van der Waals surface area contributed by atoms with Crippen LogP contribution in [0.15, 0.2) is 12.2 Å². The van der Waals surface area contributed by atoms with E-state index in [4.69, 9.17) is 4.74 Å². The summed E-state index contributed by atoms with van der Waals surface area (Å²) in [5.41, 5.74) is 0. The zero-order chi connectivity index (χ0) is 39.4. The number of nitrogens with one attached hydrogen (secondary N) is 1. The fourth-order valence-electron chi connectivity index (χ4n) is 7.34. The molecule has 0 aliphatic rings. The molecule has 2 unspecified atom stereocenters. The molecule has 0 aromatic carbocycles. The van der Waals surface area contributed by atoms with Gasteiger partial charge in [-0.1, -0.05) is 206 Å². The van der Waals surface area contributed by atoms with Crippen LogP contribution < -0.4 is 5.32 Å². The molecule has 0 spiro atoms. The van der Waals surface area contributed by atoms with Crippen LogP contribution in [0.25, 0.3) is 0 Å². The van der Waals surface area contributed by atoms with E-state index in [-0.39, 0.29) is 18.5 Å². The van der Waals surface area contributed by atoms with Crippen LogP contribution in [0.1, 0.15) is 258 Å². The molecule has 6 nitrogen and oxygen atoms in total. The Balaban J connectivity index is 3.44. The monoisotopic (exact) mass is 764 g/mol. The van der Waals surface area contributed by atoms with Crippen molar-refractivity contribution in [3.05, 3.63) is 12.2 Å². The average molecular weight is 764 g/mol. The van der Waals surface area contributed by atoms with Crippen LogP contribution in [0.4, 0.5) is 0 Å². The third kappa shape index (κ3) is 40.3. The topological polar surface area (TPSA) is 95.9 Å². The fraction of sp³-hybridized carbons (Fsp3) is 0.917. The number of allylic oxidation sites excluding steroid dienone is 2. The molecule has 0 aliphatic heterocycles. The Kier molecular flexibility index (Phi) is 43.2. The number of ether oxygens (including phenoxy) is 1. The van der Waals surface area contributed by atoms with Crippen molar-refractivity contribution in [1.82, 2.24) is 5.32 Å². The van der Waals surface area contributed by atoms with E-state index in [2.05, 4.69) is 31.3 Å². The van der Waals surface area contributed by atoms with Gasteiger partial charge in [0.05, 0.1) is 25.4 Å². The van der Waals surface area contributed by atoms with Crippen LogP contribution in [0.5, 0.6) is 0 Å². The van der Waals surface area contributed by atoms with Crippen molar-refractivity contribution in [2.75, 3.05) is 13.2 Å². The Morgan fingerprint density at radius 3 is 1.31 bits per heavy atom. The molecule has 0 saturated carbocycles. The molecule has 0 aromatic heterocycles. The van der Waals surface area contributed by atoms with Crippen molar-refractivity contribution in [2.24, 2.45) is 0 Å². The van der Waals surface area contributed by atoms with Crippen LogP contribution >= 0.6 is 0 Å². The molecular formula is C48H93NO5. The van der Waals surface area contributed by atoms with Crippen molar-refractivity contribution in [2.45, 2.75) is 270 Å². The molecule has 0 radical (unpaired) electrons. The largest absolute Gasteiger partial charge is 0.466 e. The lowest BCUT2D eigenvalue weighted by atomic mass is 10.0. The normalized spacial score (nSPS) is 12.7. The third-order valence-electron chi connectivity index (χ3n) is 11.1. The number of carbonyl (C=O) groups excluding carboxylic acids is 2. The van der Waals surface area contributed by atoms with Gasteiger partial charge in [0.25, 0.3) is 0 Å². The number of hydrogen-bond acceptors (Lipinski definition) is 5. The van der Waals surface area contributed by atoms with Crippen LogP contribution in [0, 0.1) is 0 Å². The lowest BCUT2D eigenvalue weighted by Crippen LogP contribution is -2.45. The summed E-state index contributed by atoms with van der Waals surface area (Å²) in [7, 11) is 0. The van der Waals surface area contributed by atoms with Gasteiger partial charge in [0, 0.05) is 12.8 Å². The maximum absolute atomic E-state index is 12.4. The summed E-state index contributed by atoms with van der Waals surface area (Å²) in [5.74, 6) is -0.0522. The van der Waals surface area contributed by atoms with E-state index in [1.54, 1.807) is 0 Å². The summed E-state index contributed by atoms with van der Waals surface area (Å²) in [6.45, 7) is 4.90. The standard InChI is InChI=1S/C48H93NO5/c1-3-5-7-9-11-13-21-26-30-34-38-42-48(53)54-43-39-35-31-27-23-20-18-16-14-15-17-19-22-25-29-33-37-41-47(52)49-45(44-50)46(51)40-36-32-28-24-12-10-8-6-4-2/h14,16,45-46,50-51H,3-13,15,17-44H2,1-2H3,(H,49,52)/b16-14-. The molecule has 0 fully saturated rings. The number of aliphatic hydroxyl groups is 2. The highest BCUT2D eigenvalue weighted by Gasteiger charge is 2.20. The maximum atomic E-state index is 12.4. The van der Waals surface area contributed by atoms with Gasteiger partial charge >= 0.3 is 5.97 Å². The number of carbonyl (C=O) groups is 2. The molecule has 0 aromatic rings. The molecule has 0 bridgehead atoms. The Bertz CT molecular complexity index is 802. The lowest BCUT2D eigenvalue weighted by molar-refractivity contribution is -0.143. The Labute approximate surface area is 336 Å². The van der Waals surface area contributed by atoms with E-state index >= 15 is 0 Å². The first-order valence-corrected chi connectivity index (χ1v) is 23.9. The summed E-state index contributed by atoms with van der Waals surface area (Å²) in [6.07, 6.45) is 48.9. The SMILES string of the molecule is CCCCCCCCCCCCCC(=O)OCCCCCCCC/C=C\CCCCCCCCCC(=O)NC(CO)C(O)CCCCCCCCCCC. The molecule has 2 atom stereocenters. The molecule has 0 saturated heterocycles. The molecular weight excluding hydrogens is 671 g/mol. The second kappa shape index (κ2) is 44.3. The number of rotatable bonds is 44. The smallest absolute Gasteiger partial charge is 0.305 e. The minimum Gasteiger partial charge on any atom is -0.466 e. The summed E-state index contributed by atoms with van der Waals surface area (Å²) in [4.78, 5) is 24.3. The number of amides is 1. The van der Waals surface area contributed by atoms with Crippen molar-refractivity contribution in [3.8, 4) is 0 Å². The second-order valence-corrected chi connectivity index (χ2v) is 16.4. The van der Waals surface area contributed by atoms with Gasteiger partial charge in [-0.05, 0) is 51.4 Å². The third-order valence-corrected chi connectivity index (χ3v) is 11.1. The summed E-state index contributed by atoms with van der Waals surface area (Å²) >= 11 is 0. The average Bonchev–Trinajstić information content (AvgIpc) is 3.17. The number of aliphatic hydroxyl groups excluding tert-OH is 2. The fourth-order valence-corrected chi connectivity index (χ4v) is 7.34. The van der Waals surface area contributed by atoms with E-state index in [1.807, 2.05) is 0 Å². The van der Waals surface area contributed by atoms with E-state index in [9.17, 15) is 19.8 Å². The van der Waals surface area contributed by atoms with Crippen molar-refractivity contribution in [3.63, 3.8) is 0 Å². The molecule has 6 heteroatoms. The maximum Gasteiger partial charge on any atom is 0.305 e. The molecule has 54 heavy (non-hydrogen) atoms. The molecule has 0 heterocycles. The van der Waals surface area contributed by atoms with E-state index in [1.165, 1.54) is 173 Å². The van der Waals surface area contributed by atoms with Gasteiger partial charge < -0.3 is 20.3 Å². The number of hydrogen-bond donors (Lipinski definition) is 3. The highest BCUT2D eigenvalue weighted by Crippen LogP contribution is 2.15. The van der Waals surface area contributed by atoms with Crippen molar-refractivity contribution in [1.29, 1.82) is 0 Å². The van der Waals surface area contributed by atoms with E-state index in [0.29, 0.717) is 25.9 Å². The highest BCUT2D eigenvalue weighted by molar-refractivity contribution is 5.76. The van der Waals surface area contributed by atoms with E-state index < -0.39 is 12.1 Å². The molecule has 0 aliphatic carbocycles. The van der Waals surface area contributed by atoms with Gasteiger partial charge in [-0.2, -0.15) is 0 Å². The van der Waals surface area contributed by atoms with Crippen LogP contribution in [0.2, 0.25) is 0 Å². The zero-order valence-electron chi connectivity index (χ0n) is 36.2.